The van der Waals surface area contributed by atoms with E-state index in [2.05, 4.69) is 54.0 Å². The van der Waals surface area contributed by atoms with Gasteiger partial charge in [0.1, 0.15) is 17.2 Å². The Balaban J connectivity index is 1.71. The van der Waals surface area contributed by atoms with Crippen molar-refractivity contribution in [2.45, 2.75) is 47.6 Å². The summed E-state index contributed by atoms with van der Waals surface area (Å²) < 4.78 is 13.3. The van der Waals surface area contributed by atoms with E-state index in [0.29, 0.717) is 18.9 Å². The van der Waals surface area contributed by atoms with E-state index in [0.717, 1.165) is 56.6 Å². The van der Waals surface area contributed by atoms with Crippen LogP contribution >= 0.6 is 11.3 Å². The fourth-order valence-corrected chi connectivity index (χ4v) is 5.35. The summed E-state index contributed by atoms with van der Waals surface area (Å²) >= 11 is 1.62. The number of imidazole rings is 1. The number of carbonyl (C=O) groups excluding carboxylic acids is 1. The smallest absolute Gasteiger partial charge is 0.287 e. The molecule has 4 heterocycles. The molecule has 5 rings (SSSR count). The fourth-order valence-electron chi connectivity index (χ4n) is 4.64. The van der Waals surface area contributed by atoms with Gasteiger partial charge in [-0.05, 0) is 54.8 Å². The summed E-state index contributed by atoms with van der Waals surface area (Å²) in [6, 6.07) is 8.31. The minimum atomic E-state index is -0.146. The molecule has 0 radical (unpaired) electrons. The molecular formula is C27H30N4O3S. The maximum atomic E-state index is 13.3. The van der Waals surface area contributed by atoms with E-state index in [4.69, 9.17) is 14.2 Å². The zero-order chi connectivity index (χ0) is 24.9. The molecule has 0 bridgehead atoms. The van der Waals surface area contributed by atoms with E-state index in [1.807, 2.05) is 25.3 Å². The largest absolute Gasteiger partial charge is 0.496 e. The second-order valence-electron chi connectivity index (χ2n) is 10.2. The number of thiophene rings is 1. The molecule has 1 aliphatic heterocycles. The Hall–Kier alpha value is -3.39. The molecule has 0 aliphatic carbocycles. The number of amides is 1. The number of benzene rings is 1. The summed E-state index contributed by atoms with van der Waals surface area (Å²) in [5.41, 5.74) is 6.67. The van der Waals surface area contributed by atoms with E-state index in [9.17, 15) is 4.79 Å². The quantitative estimate of drug-likeness (QED) is 0.377. The molecule has 1 N–H and O–H groups in total. The number of carbonyl (C=O) groups is 1. The van der Waals surface area contributed by atoms with Crippen molar-refractivity contribution >= 4 is 17.2 Å². The summed E-state index contributed by atoms with van der Waals surface area (Å²) in [4.78, 5) is 19.2. The van der Waals surface area contributed by atoms with Gasteiger partial charge in [-0.2, -0.15) is 0 Å². The maximum absolute atomic E-state index is 13.3. The number of nitrogens with one attached hydrogen (secondary N) is 1. The van der Waals surface area contributed by atoms with E-state index in [1.54, 1.807) is 18.4 Å². The molecule has 35 heavy (non-hydrogen) atoms. The number of hydrogen-bond donors (Lipinski definition) is 1. The second kappa shape index (κ2) is 8.68. The van der Waals surface area contributed by atoms with Gasteiger partial charge in [-0.25, -0.2) is 4.98 Å². The summed E-state index contributed by atoms with van der Waals surface area (Å²) in [6.07, 6.45) is 0.778. The van der Waals surface area contributed by atoms with Gasteiger partial charge in [0, 0.05) is 24.2 Å². The van der Waals surface area contributed by atoms with Crippen LogP contribution in [0, 0.1) is 19.3 Å². The highest BCUT2D eigenvalue weighted by atomic mass is 32.1. The number of ether oxygens (including phenoxy) is 1. The van der Waals surface area contributed by atoms with Crippen molar-refractivity contribution in [3.05, 3.63) is 52.5 Å². The van der Waals surface area contributed by atoms with Crippen molar-refractivity contribution in [1.29, 1.82) is 0 Å². The maximum Gasteiger partial charge on any atom is 0.287 e. The molecule has 1 aromatic carbocycles. The van der Waals surface area contributed by atoms with E-state index in [1.165, 1.54) is 5.56 Å². The number of hydrogen-bond acceptors (Lipinski definition) is 6. The first-order valence-electron chi connectivity index (χ1n) is 11.7. The lowest BCUT2D eigenvalue weighted by atomic mass is 9.91. The number of nitrogens with zero attached hydrogens (tertiary/aromatic N) is 3. The van der Waals surface area contributed by atoms with Crippen LogP contribution in [-0.4, -0.2) is 34.3 Å². The van der Waals surface area contributed by atoms with Crippen molar-refractivity contribution in [3.63, 3.8) is 0 Å². The molecule has 0 saturated heterocycles. The standard InChI is InChI=1S/C27H30N4O3S/c1-15-22(16(2)34-30-15)19-13-18-17(12-20(19)33-6)9-10-31-24(18)23(21-8-7-11-35-21)29-25(31)26(32)28-14-27(3,4)5/h7-8,11-13H,9-10,14H2,1-6H3,(H,28,32). The molecule has 0 saturated carbocycles. The van der Waals surface area contributed by atoms with Crippen LogP contribution in [0.2, 0.25) is 0 Å². The highest BCUT2D eigenvalue weighted by molar-refractivity contribution is 7.13. The lowest BCUT2D eigenvalue weighted by molar-refractivity contribution is 0.0924. The SMILES string of the molecule is COc1cc2c(cc1-c1c(C)noc1C)-c1c(-c3cccs3)nc(C(=O)NCC(C)(C)C)n1CC2. The molecule has 0 unspecified atom stereocenters. The number of rotatable bonds is 5. The molecule has 1 aliphatic rings. The summed E-state index contributed by atoms with van der Waals surface area (Å²) in [5, 5.41) is 9.26. The molecule has 8 heteroatoms. The summed E-state index contributed by atoms with van der Waals surface area (Å²) in [6.45, 7) is 11.4. The van der Waals surface area contributed by atoms with Crippen LogP contribution in [-0.2, 0) is 13.0 Å². The lowest BCUT2D eigenvalue weighted by Crippen LogP contribution is -2.34. The fraction of sp³-hybridized carbons (Fsp3) is 0.370. The van der Waals surface area contributed by atoms with Crippen molar-refractivity contribution < 1.29 is 14.1 Å². The van der Waals surface area contributed by atoms with Crippen LogP contribution < -0.4 is 10.1 Å². The Morgan fingerprint density at radius 1 is 1.26 bits per heavy atom. The topological polar surface area (TPSA) is 82.2 Å². The highest BCUT2D eigenvalue weighted by Gasteiger charge is 2.31. The average Bonchev–Trinajstić information content (AvgIpc) is 3.55. The van der Waals surface area contributed by atoms with Gasteiger partial charge in [0.05, 0.1) is 28.9 Å². The Bertz CT molecular complexity index is 1390. The number of aryl methyl sites for hydroxylation is 3. The molecule has 3 aromatic heterocycles. The molecule has 0 fully saturated rings. The van der Waals surface area contributed by atoms with Crippen LogP contribution in [0.4, 0.5) is 0 Å². The van der Waals surface area contributed by atoms with Crippen molar-refractivity contribution in [3.8, 4) is 38.7 Å². The minimum Gasteiger partial charge on any atom is -0.496 e. The molecule has 4 aromatic rings. The average molecular weight is 491 g/mol. The highest BCUT2D eigenvalue weighted by Crippen LogP contribution is 2.45. The third-order valence-corrected chi connectivity index (χ3v) is 7.17. The predicted octanol–water partition coefficient (Wildman–Crippen LogP) is 5.89. The first-order valence-corrected chi connectivity index (χ1v) is 12.6. The first-order chi connectivity index (χ1) is 16.7. The zero-order valence-electron chi connectivity index (χ0n) is 21.0. The molecular weight excluding hydrogens is 460 g/mol. The van der Waals surface area contributed by atoms with E-state index < -0.39 is 0 Å². The number of fused-ring (bicyclic) bond motifs is 3. The Morgan fingerprint density at radius 3 is 2.69 bits per heavy atom. The Labute approximate surface area is 209 Å². The van der Waals surface area contributed by atoms with Gasteiger partial charge < -0.3 is 19.1 Å². The van der Waals surface area contributed by atoms with Crippen LogP contribution in [0.15, 0.2) is 34.2 Å². The Kier molecular flexibility index (Phi) is 5.79. The van der Waals surface area contributed by atoms with Gasteiger partial charge in [-0.3, -0.25) is 4.79 Å². The molecule has 182 valence electrons. The minimum absolute atomic E-state index is 0.0179. The monoisotopic (exact) mass is 490 g/mol. The van der Waals surface area contributed by atoms with Gasteiger partial charge >= 0.3 is 0 Å². The molecule has 0 atom stereocenters. The molecule has 7 nitrogen and oxygen atoms in total. The van der Waals surface area contributed by atoms with Gasteiger partial charge in [-0.15, -0.1) is 11.3 Å². The Morgan fingerprint density at radius 2 is 2.06 bits per heavy atom. The van der Waals surface area contributed by atoms with Crippen LogP contribution in [0.5, 0.6) is 5.75 Å². The first kappa shape index (κ1) is 23.4. The molecule has 0 spiro atoms. The lowest BCUT2D eigenvalue weighted by Gasteiger charge is -2.24. The van der Waals surface area contributed by atoms with Gasteiger partial charge in [0.25, 0.3) is 5.91 Å². The number of methoxy groups -OCH3 is 1. The van der Waals surface area contributed by atoms with Crippen LogP contribution in [0.1, 0.15) is 48.4 Å². The van der Waals surface area contributed by atoms with Crippen LogP contribution in [0.3, 0.4) is 0 Å². The normalized spacial score (nSPS) is 12.9. The van der Waals surface area contributed by atoms with Gasteiger partial charge in [0.2, 0.25) is 0 Å². The van der Waals surface area contributed by atoms with Crippen molar-refractivity contribution in [2.75, 3.05) is 13.7 Å². The van der Waals surface area contributed by atoms with E-state index >= 15 is 0 Å². The summed E-state index contributed by atoms with van der Waals surface area (Å²) in [5.74, 6) is 1.83. The second-order valence-corrected chi connectivity index (χ2v) is 11.1. The van der Waals surface area contributed by atoms with Crippen LogP contribution in [0.25, 0.3) is 33.0 Å². The van der Waals surface area contributed by atoms with E-state index in [-0.39, 0.29) is 11.3 Å². The zero-order valence-corrected chi connectivity index (χ0v) is 21.8. The molecule has 1 amide bonds. The van der Waals surface area contributed by atoms with Gasteiger partial charge in [-0.1, -0.05) is 32.0 Å². The van der Waals surface area contributed by atoms with Crippen molar-refractivity contribution in [1.82, 2.24) is 20.0 Å². The van der Waals surface area contributed by atoms with Gasteiger partial charge in [0.15, 0.2) is 5.82 Å². The predicted molar refractivity (Wildman–Crippen MR) is 138 cm³/mol. The number of aromatic nitrogens is 3. The van der Waals surface area contributed by atoms with Crippen molar-refractivity contribution in [2.24, 2.45) is 5.41 Å². The third-order valence-electron chi connectivity index (χ3n) is 6.29. The summed E-state index contributed by atoms with van der Waals surface area (Å²) in [7, 11) is 1.69. The third kappa shape index (κ3) is 4.16.